The number of hydrogen-bond acceptors (Lipinski definition) is 4. The van der Waals surface area contributed by atoms with Crippen LogP contribution in [0.5, 0.6) is 5.75 Å². The van der Waals surface area contributed by atoms with Crippen LogP contribution in [0.4, 0.5) is 5.69 Å². The molecule has 0 aromatic heterocycles. The van der Waals surface area contributed by atoms with E-state index >= 15 is 0 Å². The summed E-state index contributed by atoms with van der Waals surface area (Å²) in [6.45, 7) is 5.98. The fourth-order valence-electron chi connectivity index (χ4n) is 2.27. The monoisotopic (exact) mass is 326 g/mol. The number of ether oxygens (including phenoxy) is 1. The Labute approximate surface area is 141 Å². The lowest BCUT2D eigenvalue weighted by Gasteiger charge is -2.15. The topological polar surface area (TPSA) is 78.5 Å². The molecule has 0 unspecified atom stereocenters. The lowest BCUT2D eigenvalue weighted by molar-refractivity contribution is -0.255. The number of anilines is 1. The minimum Gasteiger partial charge on any atom is -0.545 e. The van der Waals surface area contributed by atoms with E-state index in [0.717, 1.165) is 11.1 Å². The van der Waals surface area contributed by atoms with E-state index in [-0.39, 0.29) is 18.1 Å². The van der Waals surface area contributed by atoms with Crippen molar-refractivity contribution in [1.29, 1.82) is 0 Å². The first-order chi connectivity index (χ1) is 11.4. The highest BCUT2D eigenvalue weighted by atomic mass is 16.5. The first-order valence-corrected chi connectivity index (χ1v) is 7.71. The summed E-state index contributed by atoms with van der Waals surface area (Å²) in [5.74, 6) is -0.572. The lowest BCUT2D eigenvalue weighted by atomic mass is 10.0. The van der Waals surface area contributed by atoms with Gasteiger partial charge in [-0.15, -0.1) is 0 Å². The first kappa shape index (κ1) is 17.5. The van der Waals surface area contributed by atoms with Gasteiger partial charge in [0.05, 0.1) is 5.97 Å². The van der Waals surface area contributed by atoms with E-state index in [0.29, 0.717) is 17.4 Å². The predicted octanol–water partition coefficient (Wildman–Crippen LogP) is 2.50. The molecule has 1 N–H and O–H groups in total. The Bertz CT molecular complexity index is 736. The minimum atomic E-state index is -1.25. The lowest BCUT2D eigenvalue weighted by Crippen LogP contribution is -2.22. The molecular weight excluding hydrogens is 306 g/mol. The van der Waals surface area contributed by atoms with Crippen molar-refractivity contribution >= 4 is 17.6 Å². The molecule has 2 rings (SSSR count). The molecule has 0 spiro atoms. The van der Waals surface area contributed by atoms with Crippen LogP contribution in [0.15, 0.2) is 42.5 Å². The van der Waals surface area contributed by atoms with Crippen molar-refractivity contribution in [3.63, 3.8) is 0 Å². The van der Waals surface area contributed by atoms with Gasteiger partial charge in [0.15, 0.2) is 6.61 Å². The summed E-state index contributed by atoms with van der Waals surface area (Å²) in [7, 11) is 0. The second-order valence-corrected chi connectivity index (χ2v) is 5.90. The maximum absolute atomic E-state index is 12.0. The smallest absolute Gasteiger partial charge is 0.262 e. The predicted molar refractivity (Wildman–Crippen MR) is 90.2 cm³/mol. The number of amides is 1. The molecule has 0 bridgehead atoms. The van der Waals surface area contributed by atoms with E-state index in [1.807, 2.05) is 25.1 Å². The zero-order valence-electron chi connectivity index (χ0n) is 14.0. The van der Waals surface area contributed by atoms with Crippen LogP contribution in [0.3, 0.4) is 0 Å². The molecule has 0 aliphatic carbocycles. The SMILES string of the molecule is Cc1ccc(C(C)C)c(OCC(=O)Nc2ccc(C(=O)[O-])cc2)c1. The summed E-state index contributed by atoms with van der Waals surface area (Å²) in [5.41, 5.74) is 2.67. The molecule has 0 saturated carbocycles. The molecule has 0 aliphatic rings. The third-order valence-electron chi connectivity index (χ3n) is 3.55. The fourth-order valence-corrected chi connectivity index (χ4v) is 2.27. The van der Waals surface area contributed by atoms with Crippen molar-refractivity contribution in [2.45, 2.75) is 26.7 Å². The van der Waals surface area contributed by atoms with Gasteiger partial charge in [-0.3, -0.25) is 4.79 Å². The van der Waals surface area contributed by atoms with E-state index in [1.165, 1.54) is 24.3 Å². The summed E-state index contributed by atoms with van der Waals surface area (Å²) in [4.78, 5) is 22.7. The van der Waals surface area contributed by atoms with Crippen LogP contribution in [-0.2, 0) is 4.79 Å². The highest BCUT2D eigenvalue weighted by molar-refractivity contribution is 5.93. The Morgan fingerprint density at radius 3 is 2.38 bits per heavy atom. The van der Waals surface area contributed by atoms with E-state index in [9.17, 15) is 14.7 Å². The highest BCUT2D eigenvalue weighted by Gasteiger charge is 2.10. The Hall–Kier alpha value is -2.82. The number of carbonyl (C=O) groups is 2. The van der Waals surface area contributed by atoms with E-state index < -0.39 is 5.97 Å². The number of benzene rings is 2. The standard InChI is InChI=1S/C19H21NO4/c1-12(2)16-9-4-13(3)10-17(16)24-11-18(21)20-15-7-5-14(6-8-15)19(22)23/h4-10,12H,11H2,1-3H3,(H,20,21)(H,22,23)/p-1. The van der Waals surface area contributed by atoms with Gasteiger partial charge < -0.3 is 20.0 Å². The van der Waals surface area contributed by atoms with Crippen molar-refractivity contribution in [2.75, 3.05) is 11.9 Å². The molecule has 2 aromatic carbocycles. The van der Waals surface area contributed by atoms with E-state index in [1.54, 1.807) is 0 Å². The molecule has 126 valence electrons. The van der Waals surface area contributed by atoms with Gasteiger partial charge >= 0.3 is 0 Å². The van der Waals surface area contributed by atoms with Crippen LogP contribution in [0.2, 0.25) is 0 Å². The van der Waals surface area contributed by atoms with Gasteiger partial charge in [0.1, 0.15) is 5.75 Å². The minimum absolute atomic E-state index is 0.0607. The Morgan fingerprint density at radius 1 is 1.12 bits per heavy atom. The highest BCUT2D eigenvalue weighted by Crippen LogP contribution is 2.27. The fraction of sp³-hybridized carbons (Fsp3) is 0.263. The third-order valence-corrected chi connectivity index (χ3v) is 3.55. The first-order valence-electron chi connectivity index (χ1n) is 7.71. The number of nitrogens with one attached hydrogen (secondary N) is 1. The van der Waals surface area contributed by atoms with Gasteiger partial charge in [-0.25, -0.2) is 0 Å². The summed E-state index contributed by atoms with van der Waals surface area (Å²) < 4.78 is 5.66. The largest absolute Gasteiger partial charge is 0.545 e. The van der Waals surface area contributed by atoms with Crippen LogP contribution < -0.4 is 15.2 Å². The summed E-state index contributed by atoms with van der Waals surface area (Å²) in [5, 5.41) is 13.4. The number of hydrogen-bond donors (Lipinski definition) is 1. The maximum Gasteiger partial charge on any atom is 0.262 e. The number of carboxylic acids is 1. The summed E-state index contributed by atoms with van der Waals surface area (Å²) in [6, 6.07) is 11.7. The Balaban J connectivity index is 1.98. The maximum atomic E-state index is 12.0. The van der Waals surface area contributed by atoms with Crippen molar-refractivity contribution in [2.24, 2.45) is 0 Å². The van der Waals surface area contributed by atoms with Gasteiger partial charge in [0, 0.05) is 5.69 Å². The Morgan fingerprint density at radius 2 is 1.79 bits per heavy atom. The molecule has 0 radical (unpaired) electrons. The van der Waals surface area contributed by atoms with Gasteiger partial charge in [0.2, 0.25) is 0 Å². The molecule has 5 heteroatoms. The average Bonchev–Trinajstić information content (AvgIpc) is 2.53. The molecule has 24 heavy (non-hydrogen) atoms. The van der Waals surface area contributed by atoms with Crippen LogP contribution in [0, 0.1) is 6.92 Å². The van der Waals surface area contributed by atoms with Gasteiger partial charge in [0.25, 0.3) is 5.91 Å². The molecular formula is C19H20NO4-. The molecule has 0 atom stereocenters. The molecule has 2 aromatic rings. The number of carbonyl (C=O) groups excluding carboxylic acids is 2. The number of carboxylic acid groups (broad SMARTS) is 1. The average molecular weight is 326 g/mol. The molecule has 0 aliphatic heterocycles. The zero-order chi connectivity index (χ0) is 17.7. The molecule has 5 nitrogen and oxygen atoms in total. The Kier molecular flexibility index (Phi) is 5.58. The molecule has 0 heterocycles. The molecule has 1 amide bonds. The number of aromatic carboxylic acids is 1. The van der Waals surface area contributed by atoms with Crippen LogP contribution in [-0.4, -0.2) is 18.5 Å². The quantitative estimate of drug-likeness (QED) is 0.884. The molecule has 0 saturated heterocycles. The van der Waals surface area contributed by atoms with Crippen LogP contribution >= 0.6 is 0 Å². The number of rotatable bonds is 6. The zero-order valence-corrected chi connectivity index (χ0v) is 14.0. The van der Waals surface area contributed by atoms with E-state index in [2.05, 4.69) is 19.2 Å². The summed E-state index contributed by atoms with van der Waals surface area (Å²) in [6.07, 6.45) is 0. The van der Waals surface area contributed by atoms with E-state index in [4.69, 9.17) is 4.74 Å². The van der Waals surface area contributed by atoms with Crippen LogP contribution in [0.1, 0.15) is 41.3 Å². The van der Waals surface area contributed by atoms with Gasteiger partial charge in [-0.2, -0.15) is 0 Å². The van der Waals surface area contributed by atoms with Gasteiger partial charge in [-0.05, 0) is 47.7 Å². The van der Waals surface area contributed by atoms with Crippen molar-refractivity contribution < 1.29 is 19.4 Å². The second-order valence-electron chi connectivity index (χ2n) is 5.90. The normalized spacial score (nSPS) is 10.5. The third kappa shape index (κ3) is 4.59. The second kappa shape index (κ2) is 7.64. The van der Waals surface area contributed by atoms with Crippen molar-refractivity contribution in [1.82, 2.24) is 0 Å². The van der Waals surface area contributed by atoms with Crippen LogP contribution in [0.25, 0.3) is 0 Å². The van der Waals surface area contributed by atoms with Crippen molar-refractivity contribution in [3.8, 4) is 5.75 Å². The number of aryl methyl sites for hydroxylation is 1. The molecule has 0 fully saturated rings. The van der Waals surface area contributed by atoms with Gasteiger partial charge in [-0.1, -0.05) is 38.1 Å². The van der Waals surface area contributed by atoms with Crippen molar-refractivity contribution in [3.05, 3.63) is 59.2 Å². The summed E-state index contributed by atoms with van der Waals surface area (Å²) >= 11 is 0.